The fourth-order valence-corrected chi connectivity index (χ4v) is 2.70. The molecule has 5 nitrogen and oxygen atoms in total. The summed E-state index contributed by atoms with van der Waals surface area (Å²) in [7, 11) is 0. The van der Waals surface area contributed by atoms with Gasteiger partial charge in [0.2, 0.25) is 5.88 Å². The Morgan fingerprint density at radius 1 is 1.08 bits per heavy atom. The zero-order chi connectivity index (χ0) is 18.7. The smallest absolute Gasteiger partial charge is 0.256 e. The van der Waals surface area contributed by atoms with Gasteiger partial charge in [0.1, 0.15) is 5.75 Å². The molecular formula is C20H18ClN3O2. The summed E-state index contributed by atoms with van der Waals surface area (Å²) in [6.07, 6.45) is 0. The van der Waals surface area contributed by atoms with Gasteiger partial charge in [0.05, 0.1) is 5.69 Å². The summed E-state index contributed by atoms with van der Waals surface area (Å²) in [5.74, 6) is 0.912. The SMILES string of the molecule is Cc1cc(Cl)ccc1Oc1ccc(NC(=O)c2ccccc2C)c(N)n1. The van der Waals surface area contributed by atoms with E-state index < -0.39 is 0 Å². The number of nitrogens with two attached hydrogens (primary N) is 1. The molecule has 0 radical (unpaired) electrons. The van der Waals surface area contributed by atoms with E-state index in [1.807, 2.05) is 32.0 Å². The topological polar surface area (TPSA) is 77.2 Å². The van der Waals surface area contributed by atoms with E-state index in [9.17, 15) is 4.79 Å². The Hall–Kier alpha value is -3.05. The number of carbonyl (C=O) groups is 1. The molecule has 0 spiro atoms. The molecule has 3 N–H and O–H groups in total. The lowest BCUT2D eigenvalue weighted by Crippen LogP contribution is -2.15. The molecule has 132 valence electrons. The Labute approximate surface area is 156 Å². The number of aryl methyl sites for hydroxylation is 2. The van der Waals surface area contributed by atoms with Crippen LogP contribution in [-0.4, -0.2) is 10.9 Å². The van der Waals surface area contributed by atoms with Crippen molar-refractivity contribution in [2.24, 2.45) is 0 Å². The quantitative estimate of drug-likeness (QED) is 0.681. The molecular weight excluding hydrogens is 350 g/mol. The second kappa shape index (κ2) is 7.45. The van der Waals surface area contributed by atoms with Gasteiger partial charge in [0.15, 0.2) is 5.82 Å². The van der Waals surface area contributed by atoms with E-state index in [1.54, 1.807) is 36.4 Å². The fraction of sp³-hybridized carbons (Fsp3) is 0.100. The average Bonchev–Trinajstić information content (AvgIpc) is 2.60. The van der Waals surface area contributed by atoms with Crippen LogP contribution in [0.5, 0.6) is 11.6 Å². The molecule has 0 aliphatic carbocycles. The number of hydrogen-bond acceptors (Lipinski definition) is 4. The van der Waals surface area contributed by atoms with Crippen LogP contribution in [0.15, 0.2) is 54.6 Å². The van der Waals surface area contributed by atoms with Crippen molar-refractivity contribution in [2.75, 3.05) is 11.1 Å². The van der Waals surface area contributed by atoms with E-state index in [2.05, 4.69) is 10.3 Å². The maximum absolute atomic E-state index is 12.4. The number of rotatable bonds is 4. The third-order valence-electron chi connectivity index (χ3n) is 3.89. The van der Waals surface area contributed by atoms with Crippen LogP contribution in [0.1, 0.15) is 21.5 Å². The highest BCUT2D eigenvalue weighted by Crippen LogP contribution is 2.28. The summed E-state index contributed by atoms with van der Waals surface area (Å²) < 4.78 is 5.75. The van der Waals surface area contributed by atoms with Gasteiger partial charge in [-0.2, -0.15) is 4.98 Å². The van der Waals surface area contributed by atoms with Crippen LogP contribution in [0.25, 0.3) is 0 Å². The number of nitrogens with one attached hydrogen (secondary N) is 1. The van der Waals surface area contributed by atoms with Gasteiger partial charge >= 0.3 is 0 Å². The summed E-state index contributed by atoms with van der Waals surface area (Å²) in [5.41, 5.74) is 8.76. The van der Waals surface area contributed by atoms with Crippen LogP contribution in [0.4, 0.5) is 11.5 Å². The van der Waals surface area contributed by atoms with Gasteiger partial charge in [0.25, 0.3) is 5.91 Å². The van der Waals surface area contributed by atoms with Crippen LogP contribution in [0.2, 0.25) is 5.02 Å². The molecule has 0 aliphatic rings. The average molecular weight is 368 g/mol. The molecule has 0 unspecified atom stereocenters. The normalized spacial score (nSPS) is 10.4. The van der Waals surface area contributed by atoms with Crippen molar-refractivity contribution in [3.8, 4) is 11.6 Å². The first kappa shape index (κ1) is 17.8. The van der Waals surface area contributed by atoms with Gasteiger partial charge in [-0.3, -0.25) is 4.79 Å². The highest BCUT2D eigenvalue weighted by atomic mass is 35.5. The monoisotopic (exact) mass is 367 g/mol. The van der Waals surface area contributed by atoms with Gasteiger partial charge in [-0.15, -0.1) is 0 Å². The van der Waals surface area contributed by atoms with Gasteiger partial charge in [0, 0.05) is 16.7 Å². The summed E-state index contributed by atoms with van der Waals surface area (Å²) in [6, 6.07) is 16.0. The minimum Gasteiger partial charge on any atom is -0.439 e. The van der Waals surface area contributed by atoms with E-state index in [-0.39, 0.29) is 11.7 Å². The molecule has 0 atom stereocenters. The Kier molecular flexibility index (Phi) is 5.09. The van der Waals surface area contributed by atoms with Crippen molar-refractivity contribution < 1.29 is 9.53 Å². The van der Waals surface area contributed by atoms with E-state index in [1.165, 1.54) is 0 Å². The van der Waals surface area contributed by atoms with E-state index in [0.29, 0.717) is 27.9 Å². The van der Waals surface area contributed by atoms with Crippen molar-refractivity contribution in [3.05, 3.63) is 76.3 Å². The maximum Gasteiger partial charge on any atom is 0.256 e. The van der Waals surface area contributed by atoms with Crippen molar-refractivity contribution in [1.29, 1.82) is 0 Å². The Balaban J connectivity index is 1.77. The molecule has 0 fully saturated rings. The van der Waals surface area contributed by atoms with Crippen LogP contribution in [0.3, 0.4) is 0 Å². The number of aromatic nitrogens is 1. The first-order valence-electron chi connectivity index (χ1n) is 8.01. The van der Waals surface area contributed by atoms with E-state index in [0.717, 1.165) is 11.1 Å². The van der Waals surface area contributed by atoms with Crippen molar-refractivity contribution in [1.82, 2.24) is 4.98 Å². The molecule has 26 heavy (non-hydrogen) atoms. The number of hydrogen-bond donors (Lipinski definition) is 2. The zero-order valence-electron chi connectivity index (χ0n) is 14.4. The fourth-order valence-electron chi connectivity index (χ4n) is 2.48. The molecule has 0 aliphatic heterocycles. The number of ether oxygens (including phenoxy) is 1. The van der Waals surface area contributed by atoms with Gasteiger partial charge in [-0.05, 0) is 55.3 Å². The number of pyridine rings is 1. The summed E-state index contributed by atoms with van der Waals surface area (Å²) in [4.78, 5) is 16.6. The van der Waals surface area contributed by atoms with Crippen LogP contribution in [-0.2, 0) is 0 Å². The number of nitrogens with zero attached hydrogens (tertiary/aromatic N) is 1. The summed E-state index contributed by atoms with van der Waals surface area (Å²) in [5, 5.41) is 3.41. The Morgan fingerprint density at radius 2 is 1.85 bits per heavy atom. The van der Waals surface area contributed by atoms with Gasteiger partial charge < -0.3 is 15.8 Å². The second-order valence-corrected chi connectivity index (χ2v) is 6.30. The van der Waals surface area contributed by atoms with Crippen LogP contribution >= 0.6 is 11.6 Å². The highest BCUT2D eigenvalue weighted by Gasteiger charge is 2.12. The van der Waals surface area contributed by atoms with Crippen LogP contribution < -0.4 is 15.8 Å². The third kappa shape index (κ3) is 3.95. The van der Waals surface area contributed by atoms with Gasteiger partial charge in [-0.1, -0.05) is 29.8 Å². The van der Waals surface area contributed by atoms with Crippen molar-refractivity contribution >= 4 is 29.0 Å². The molecule has 1 heterocycles. The third-order valence-corrected chi connectivity index (χ3v) is 4.12. The minimum atomic E-state index is -0.237. The Morgan fingerprint density at radius 3 is 2.54 bits per heavy atom. The highest BCUT2D eigenvalue weighted by molar-refractivity contribution is 6.30. The first-order chi connectivity index (χ1) is 12.4. The molecule has 3 rings (SSSR count). The second-order valence-electron chi connectivity index (χ2n) is 5.86. The standard InChI is InChI=1S/C20H18ClN3O2/c1-12-5-3-4-6-15(12)20(25)23-16-8-10-18(24-19(16)22)26-17-9-7-14(21)11-13(17)2/h3-11H,1-2H3,(H2,22,24)(H,23,25). The lowest BCUT2D eigenvalue weighted by molar-refractivity contribution is 0.102. The summed E-state index contributed by atoms with van der Waals surface area (Å²) >= 11 is 5.94. The minimum absolute atomic E-state index is 0.177. The molecule has 0 bridgehead atoms. The van der Waals surface area contributed by atoms with Gasteiger partial charge in [-0.25, -0.2) is 0 Å². The van der Waals surface area contributed by atoms with E-state index >= 15 is 0 Å². The molecule has 2 aromatic carbocycles. The Bertz CT molecular complexity index is 973. The number of carbonyl (C=O) groups excluding carboxylic acids is 1. The number of amides is 1. The number of benzene rings is 2. The molecule has 1 amide bonds. The number of nitrogen functional groups attached to an aromatic ring is 1. The predicted molar refractivity (Wildman–Crippen MR) is 104 cm³/mol. The van der Waals surface area contributed by atoms with E-state index in [4.69, 9.17) is 22.1 Å². The largest absolute Gasteiger partial charge is 0.439 e. The van der Waals surface area contributed by atoms with Crippen molar-refractivity contribution in [3.63, 3.8) is 0 Å². The lowest BCUT2D eigenvalue weighted by atomic mass is 10.1. The molecule has 1 aromatic heterocycles. The zero-order valence-corrected chi connectivity index (χ0v) is 15.2. The molecule has 0 saturated heterocycles. The predicted octanol–water partition coefficient (Wildman–Crippen LogP) is 4.98. The molecule has 3 aromatic rings. The lowest BCUT2D eigenvalue weighted by Gasteiger charge is -2.12. The molecule has 0 saturated carbocycles. The summed E-state index contributed by atoms with van der Waals surface area (Å²) in [6.45, 7) is 3.77. The maximum atomic E-state index is 12.4. The van der Waals surface area contributed by atoms with Crippen molar-refractivity contribution in [2.45, 2.75) is 13.8 Å². The first-order valence-corrected chi connectivity index (χ1v) is 8.39. The molecule has 6 heteroatoms. The number of halogens is 1. The van der Waals surface area contributed by atoms with Crippen LogP contribution in [0, 0.1) is 13.8 Å². The number of anilines is 2.